The fourth-order valence-corrected chi connectivity index (χ4v) is 6.10. The van der Waals surface area contributed by atoms with Crippen molar-refractivity contribution in [2.45, 2.75) is 39.5 Å². The van der Waals surface area contributed by atoms with Gasteiger partial charge in [-0.3, -0.25) is 4.40 Å². The fraction of sp³-hybridized carbons (Fsp3) is 0.171. The Bertz CT molecular complexity index is 1960. The maximum Gasteiger partial charge on any atom is 0.145 e. The SMILES string of the molecule is CC(C)c1cccc(C(C)C)c1-c1cn2c(n1)c1ccccc1c1ccc3cc4ccccc4cc3c12. The van der Waals surface area contributed by atoms with Crippen LogP contribution in [0.1, 0.15) is 50.7 Å². The third-order valence-corrected chi connectivity index (χ3v) is 7.89. The summed E-state index contributed by atoms with van der Waals surface area (Å²) in [5, 5.41) is 8.74. The van der Waals surface area contributed by atoms with Gasteiger partial charge >= 0.3 is 0 Å². The van der Waals surface area contributed by atoms with E-state index in [-0.39, 0.29) is 0 Å². The minimum Gasteiger partial charge on any atom is -0.298 e. The largest absolute Gasteiger partial charge is 0.298 e. The van der Waals surface area contributed by atoms with Gasteiger partial charge in [-0.25, -0.2) is 4.98 Å². The van der Waals surface area contributed by atoms with Crippen molar-refractivity contribution in [3.8, 4) is 11.3 Å². The van der Waals surface area contributed by atoms with Gasteiger partial charge in [-0.05, 0) is 56.6 Å². The van der Waals surface area contributed by atoms with E-state index in [1.54, 1.807) is 0 Å². The molecule has 0 aliphatic heterocycles. The maximum absolute atomic E-state index is 5.38. The van der Waals surface area contributed by atoms with E-state index in [4.69, 9.17) is 4.98 Å². The second-order valence-electron chi connectivity index (χ2n) is 10.9. The minimum atomic E-state index is 0.416. The van der Waals surface area contributed by atoms with Gasteiger partial charge in [-0.1, -0.05) is 107 Å². The van der Waals surface area contributed by atoms with E-state index in [9.17, 15) is 0 Å². The molecule has 0 fully saturated rings. The molecule has 7 rings (SSSR count). The minimum absolute atomic E-state index is 0.416. The molecular weight excluding hydrogens is 448 g/mol. The summed E-state index contributed by atoms with van der Waals surface area (Å²) in [5.74, 6) is 0.832. The molecule has 2 nitrogen and oxygen atoms in total. The smallest absolute Gasteiger partial charge is 0.145 e. The van der Waals surface area contributed by atoms with Crippen LogP contribution in [0.25, 0.3) is 60.1 Å². The molecule has 0 radical (unpaired) electrons. The molecule has 37 heavy (non-hydrogen) atoms. The van der Waals surface area contributed by atoms with Crippen LogP contribution in [0.4, 0.5) is 0 Å². The average Bonchev–Trinajstić information content (AvgIpc) is 3.36. The molecule has 0 atom stereocenters. The predicted octanol–water partition coefficient (Wildman–Crippen LogP) is 9.86. The lowest BCUT2D eigenvalue weighted by Gasteiger charge is -2.18. The molecule has 0 aliphatic carbocycles. The van der Waals surface area contributed by atoms with Gasteiger partial charge in [-0.15, -0.1) is 0 Å². The standard InChI is InChI=1S/C35H30N2/c1-21(2)26-14-9-15-27(22(3)4)33(26)32-20-37-34-29(28-12-7-8-13-30(28)35(37)36-32)17-16-25-18-23-10-5-6-11-24(23)19-31(25)34/h5-22H,1-4H3. The molecule has 0 aliphatic rings. The number of imidazole rings is 1. The van der Waals surface area contributed by atoms with Gasteiger partial charge in [0, 0.05) is 27.9 Å². The first-order valence-corrected chi connectivity index (χ1v) is 13.3. The third-order valence-electron chi connectivity index (χ3n) is 7.89. The zero-order valence-corrected chi connectivity index (χ0v) is 21.8. The van der Waals surface area contributed by atoms with Crippen molar-refractivity contribution < 1.29 is 0 Å². The highest BCUT2D eigenvalue weighted by molar-refractivity contribution is 6.20. The summed E-state index contributed by atoms with van der Waals surface area (Å²) < 4.78 is 2.35. The Labute approximate surface area is 217 Å². The highest BCUT2D eigenvalue weighted by atomic mass is 15.0. The van der Waals surface area contributed by atoms with Crippen LogP contribution in [0.15, 0.2) is 97.2 Å². The van der Waals surface area contributed by atoms with Crippen LogP contribution in [0, 0.1) is 0 Å². The Morgan fingerprint density at radius 3 is 1.92 bits per heavy atom. The van der Waals surface area contributed by atoms with Gasteiger partial charge in [0.25, 0.3) is 0 Å². The lowest BCUT2D eigenvalue weighted by molar-refractivity contribution is 0.837. The van der Waals surface area contributed by atoms with Gasteiger partial charge in [0.2, 0.25) is 0 Å². The van der Waals surface area contributed by atoms with Crippen LogP contribution in [0.2, 0.25) is 0 Å². The second-order valence-corrected chi connectivity index (χ2v) is 10.9. The molecule has 2 aromatic heterocycles. The lowest BCUT2D eigenvalue weighted by Crippen LogP contribution is -1.99. The van der Waals surface area contributed by atoms with Crippen molar-refractivity contribution in [1.82, 2.24) is 9.38 Å². The predicted molar refractivity (Wildman–Crippen MR) is 159 cm³/mol. The van der Waals surface area contributed by atoms with E-state index in [0.717, 1.165) is 11.3 Å². The molecule has 180 valence electrons. The van der Waals surface area contributed by atoms with E-state index in [1.807, 2.05) is 0 Å². The van der Waals surface area contributed by atoms with Gasteiger partial charge in [0.1, 0.15) is 5.65 Å². The van der Waals surface area contributed by atoms with E-state index in [1.165, 1.54) is 59.9 Å². The fourth-order valence-electron chi connectivity index (χ4n) is 6.10. The van der Waals surface area contributed by atoms with E-state index < -0.39 is 0 Å². The Kier molecular flexibility index (Phi) is 4.87. The van der Waals surface area contributed by atoms with E-state index >= 15 is 0 Å². The molecule has 2 heteroatoms. The number of rotatable bonds is 3. The lowest BCUT2D eigenvalue weighted by atomic mass is 9.87. The van der Waals surface area contributed by atoms with Crippen LogP contribution in [-0.2, 0) is 0 Å². The van der Waals surface area contributed by atoms with Crippen molar-refractivity contribution >= 4 is 48.9 Å². The van der Waals surface area contributed by atoms with Crippen LogP contribution >= 0.6 is 0 Å². The second kappa shape index (κ2) is 8.18. The number of benzene rings is 5. The molecule has 0 saturated carbocycles. The molecule has 0 bridgehead atoms. The molecule has 0 amide bonds. The number of hydrogen-bond acceptors (Lipinski definition) is 1. The quantitative estimate of drug-likeness (QED) is 0.182. The third kappa shape index (κ3) is 3.29. The van der Waals surface area contributed by atoms with E-state index in [2.05, 4.69) is 129 Å². The Morgan fingerprint density at radius 2 is 1.22 bits per heavy atom. The monoisotopic (exact) mass is 478 g/mol. The van der Waals surface area contributed by atoms with Gasteiger partial charge < -0.3 is 0 Å². The highest BCUT2D eigenvalue weighted by Crippen LogP contribution is 2.40. The normalized spacial score (nSPS) is 12.3. The zero-order valence-electron chi connectivity index (χ0n) is 21.8. The molecule has 2 heterocycles. The van der Waals surface area contributed by atoms with E-state index in [0.29, 0.717) is 11.8 Å². The number of nitrogens with zero attached hydrogens (tertiary/aromatic N) is 2. The zero-order chi connectivity index (χ0) is 25.3. The van der Waals surface area contributed by atoms with Gasteiger partial charge in [0.05, 0.1) is 11.2 Å². The number of pyridine rings is 1. The molecular formula is C35H30N2. The number of fused-ring (bicyclic) bond motifs is 9. The summed E-state index contributed by atoms with van der Waals surface area (Å²) >= 11 is 0. The number of hydrogen-bond donors (Lipinski definition) is 0. The van der Waals surface area contributed by atoms with Crippen LogP contribution < -0.4 is 0 Å². The van der Waals surface area contributed by atoms with Crippen LogP contribution in [0.5, 0.6) is 0 Å². The van der Waals surface area contributed by atoms with Gasteiger partial charge in [-0.2, -0.15) is 0 Å². The maximum atomic E-state index is 5.38. The van der Waals surface area contributed by atoms with Crippen molar-refractivity contribution in [3.05, 3.63) is 108 Å². The summed E-state index contributed by atoms with van der Waals surface area (Å²) in [6, 6.07) is 33.3. The Balaban J connectivity index is 1.68. The Hall–Kier alpha value is -4.17. The first-order chi connectivity index (χ1) is 18.0. The van der Waals surface area contributed by atoms with Gasteiger partial charge in [0.15, 0.2) is 0 Å². The molecule has 7 aromatic rings. The summed E-state index contributed by atoms with van der Waals surface area (Å²) in [6.45, 7) is 9.12. The first kappa shape index (κ1) is 22.1. The van der Waals surface area contributed by atoms with Crippen molar-refractivity contribution in [2.75, 3.05) is 0 Å². The molecule has 0 saturated heterocycles. The summed E-state index contributed by atoms with van der Waals surface area (Å²) in [5.41, 5.74) is 7.32. The van der Waals surface area contributed by atoms with Crippen LogP contribution in [0.3, 0.4) is 0 Å². The van der Waals surface area contributed by atoms with Crippen molar-refractivity contribution in [1.29, 1.82) is 0 Å². The topological polar surface area (TPSA) is 17.3 Å². The number of aromatic nitrogens is 2. The highest BCUT2D eigenvalue weighted by Gasteiger charge is 2.20. The van der Waals surface area contributed by atoms with Crippen molar-refractivity contribution in [2.24, 2.45) is 0 Å². The molecule has 0 N–H and O–H groups in total. The Morgan fingerprint density at radius 1 is 0.568 bits per heavy atom. The molecule has 0 unspecified atom stereocenters. The summed E-state index contributed by atoms with van der Waals surface area (Å²) in [4.78, 5) is 5.38. The average molecular weight is 479 g/mol. The first-order valence-electron chi connectivity index (χ1n) is 13.3. The van der Waals surface area contributed by atoms with Crippen LogP contribution in [-0.4, -0.2) is 9.38 Å². The van der Waals surface area contributed by atoms with Crippen molar-refractivity contribution in [3.63, 3.8) is 0 Å². The molecule has 5 aromatic carbocycles. The molecule has 0 spiro atoms. The summed E-state index contributed by atoms with van der Waals surface area (Å²) in [7, 11) is 0. The summed E-state index contributed by atoms with van der Waals surface area (Å²) in [6.07, 6.45) is 2.28.